The van der Waals surface area contributed by atoms with Crippen LogP contribution < -0.4 is 14.8 Å². The summed E-state index contributed by atoms with van der Waals surface area (Å²) in [6, 6.07) is 7.30. The zero-order chi connectivity index (χ0) is 17.2. The molecule has 0 fully saturated rings. The number of unbranched alkanes of at least 4 members (excludes halogenated alkanes) is 5. The van der Waals surface area contributed by atoms with Crippen LogP contribution in [0, 0.1) is 11.3 Å². The number of benzene rings is 1. The smallest absolute Gasteiger partial charge is 0.261 e. The molecule has 1 heterocycles. The van der Waals surface area contributed by atoms with Gasteiger partial charge >= 0.3 is 0 Å². The third kappa shape index (κ3) is 5.31. The second kappa shape index (κ2) is 9.61. The molecule has 5 nitrogen and oxygen atoms in total. The van der Waals surface area contributed by atoms with Crippen molar-refractivity contribution in [3.05, 3.63) is 29.3 Å². The Balaban J connectivity index is 1.82. The van der Waals surface area contributed by atoms with Crippen molar-refractivity contribution in [3.63, 3.8) is 0 Å². The SMILES string of the molecule is CCCCCCCCNC(=O)/C(C#N)=C\c1ccc2c(c1)OCO2. The summed E-state index contributed by atoms with van der Waals surface area (Å²) in [5.74, 6) is 0.982. The van der Waals surface area contributed by atoms with E-state index in [9.17, 15) is 10.1 Å². The Labute approximate surface area is 143 Å². The van der Waals surface area contributed by atoms with E-state index in [1.165, 1.54) is 25.7 Å². The summed E-state index contributed by atoms with van der Waals surface area (Å²) < 4.78 is 10.5. The van der Waals surface area contributed by atoms with Crippen molar-refractivity contribution in [2.75, 3.05) is 13.3 Å². The number of nitrogens with zero attached hydrogens (tertiary/aromatic N) is 1. The van der Waals surface area contributed by atoms with Gasteiger partial charge in [0.2, 0.25) is 6.79 Å². The van der Waals surface area contributed by atoms with Crippen LogP contribution in [-0.2, 0) is 4.79 Å². The molecule has 0 saturated carbocycles. The fourth-order valence-electron chi connectivity index (χ4n) is 2.52. The van der Waals surface area contributed by atoms with E-state index in [2.05, 4.69) is 12.2 Å². The standard InChI is InChI=1S/C19H24N2O3/c1-2-3-4-5-6-7-10-21-19(22)16(13-20)11-15-8-9-17-18(12-15)24-14-23-17/h8-9,11-12H,2-7,10,14H2,1H3,(H,21,22)/b16-11-. The predicted octanol–water partition coefficient (Wildman–Crippen LogP) is 3.80. The van der Waals surface area contributed by atoms with Crippen LogP contribution in [0.15, 0.2) is 23.8 Å². The fraction of sp³-hybridized carbons (Fsp3) is 0.474. The molecule has 1 aliphatic rings. The average molecular weight is 328 g/mol. The number of carbonyl (C=O) groups excluding carboxylic acids is 1. The maximum atomic E-state index is 12.1. The Hall–Kier alpha value is -2.48. The van der Waals surface area contributed by atoms with Gasteiger partial charge < -0.3 is 14.8 Å². The van der Waals surface area contributed by atoms with Gasteiger partial charge in [-0.1, -0.05) is 45.1 Å². The summed E-state index contributed by atoms with van der Waals surface area (Å²) in [5, 5.41) is 12.0. The monoisotopic (exact) mass is 328 g/mol. The molecule has 2 rings (SSSR count). The summed E-state index contributed by atoms with van der Waals surface area (Å²) in [6.45, 7) is 2.99. The quantitative estimate of drug-likeness (QED) is 0.425. The molecule has 0 atom stereocenters. The highest BCUT2D eigenvalue weighted by atomic mass is 16.7. The molecule has 0 aromatic heterocycles. The van der Waals surface area contributed by atoms with Gasteiger partial charge in [-0.2, -0.15) is 5.26 Å². The summed E-state index contributed by atoms with van der Waals surface area (Å²) in [4.78, 5) is 12.1. The van der Waals surface area contributed by atoms with Crippen LogP contribution in [0.3, 0.4) is 0 Å². The van der Waals surface area contributed by atoms with E-state index < -0.39 is 0 Å². The normalized spacial score (nSPS) is 12.8. The molecule has 1 amide bonds. The average Bonchev–Trinajstić information content (AvgIpc) is 3.06. The molecule has 1 aromatic carbocycles. The molecule has 24 heavy (non-hydrogen) atoms. The van der Waals surface area contributed by atoms with Gasteiger partial charge in [0.05, 0.1) is 0 Å². The fourth-order valence-corrected chi connectivity index (χ4v) is 2.52. The van der Waals surface area contributed by atoms with Crippen molar-refractivity contribution in [1.82, 2.24) is 5.32 Å². The molecule has 1 aromatic rings. The minimum absolute atomic E-state index is 0.0971. The molecule has 0 bridgehead atoms. The van der Waals surface area contributed by atoms with Crippen LogP contribution in [0.25, 0.3) is 6.08 Å². The Morgan fingerprint density at radius 3 is 2.75 bits per heavy atom. The van der Waals surface area contributed by atoms with Crippen LogP contribution in [0.2, 0.25) is 0 Å². The lowest BCUT2D eigenvalue weighted by Crippen LogP contribution is -2.25. The van der Waals surface area contributed by atoms with Gasteiger partial charge in [-0.15, -0.1) is 0 Å². The van der Waals surface area contributed by atoms with Crippen molar-refractivity contribution in [3.8, 4) is 17.6 Å². The van der Waals surface area contributed by atoms with Crippen molar-refractivity contribution < 1.29 is 14.3 Å². The van der Waals surface area contributed by atoms with E-state index in [4.69, 9.17) is 9.47 Å². The van der Waals surface area contributed by atoms with E-state index >= 15 is 0 Å². The molecule has 0 saturated heterocycles. The molecule has 0 aliphatic carbocycles. The first-order chi connectivity index (χ1) is 11.7. The molecule has 1 aliphatic heterocycles. The van der Waals surface area contributed by atoms with Crippen molar-refractivity contribution in [2.45, 2.75) is 45.4 Å². The molecule has 0 spiro atoms. The number of nitrogens with one attached hydrogen (secondary N) is 1. The summed E-state index contributed by atoms with van der Waals surface area (Å²) >= 11 is 0. The van der Waals surface area contributed by atoms with Crippen LogP contribution in [-0.4, -0.2) is 19.2 Å². The van der Waals surface area contributed by atoms with Crippen molar-refractivity contribution in [1.29, 1.82) is 5.26 Å². The van der Waals surface area contributed by atoms with Crippen molar-refractivity contribution in [2.24, 2.45) is 0 Å². The first-order valence-electron chi connectivity index (χ1n) is 8.54. The van der Waals surface area contributed by atoms with Crippen LogP contribution in [0.1, 0.15) is 51.0 Å². The molecular formula is C19H24N2O3. The number of rotatable bonds is 9. The highest BCUT2D eigenvalue weighted by Gasteiger charge is 2.14. The number of hydrogen-bond donors (Lipinski definition) is 1. The molecule has 0 radical (unpaired) electrons. The number of carbonyl (C=O) groups is 1. The Morgan fingerprint density at radius 1 is 1.21 bits per heavy atom. The summed E-state index contributed by atoms with van der Waals surface area (Å²) in [7, 11) is 0. The van der Waals surface area contributed by atoms with Gasteiger partial charge in [0, 0.05) is 6.54 Å². The Kier molecular flexibility index (Phi) is 7.16. The summed E-state index contributed by atoms with van der Waals surface area (Å²) in [6.07, 6.45) is 8.56. The molecule has 128 valence electrons. The lowest BCUT2D eigenvalue weighted by atomic mass is 10.1. The van der Waals surface area contributed by atoms with E-state index in [0.717, 1.165) is 18.4 Å². The topological polar surface area (TPSA) is 71.4 Å². The second-order valence-corrected chi connectivity index (χ2v) is 5.81. The van der Waals surface area contributed by atoms with Crippen LogP contribution >= 0.6 is 0 Å². The zero-order valence-corrected chi connectivity index (χ0v) is 14.1. The second-order valence-electron chi connectivity index (χ2n) is 5.81. The minimum atomic E-state index is -0.330. The van der Waals surface area contributed by atoms with Crippen LogP contribution in [0.4, 0.5) is 0 Å². The van der Waals surface area contributed by atoms with E-state index in [0.29, 0.717) is 18.0 Å². The van der Waals surface area contributed by atoms with Crippen LogP contribution in [0.5, 0.6) is 11.5 Å². The van der Waals surface area contributed by atoms with Gasteiger partial charge in [0.25, 0.3) is 5.91 Å². The molecule has 1 N–H and O–H groups in total. The lowest BCUT2D eigenvalue weighted by molar-refractivity contribution is -0.117. The Bertz CT molecular complexity index is 632. The number of ether oxygens (including phenoxy) is 2. The van der Waals surface area contributed by atoms with Gasteiger partial charge in [-0.25, -0.2) is 0 Å². The number of nitriles is 1. The minimum Gasteiger partial charge on any atom is -0.454 e. The van der Waals surface area contributed by atoms with Crippen molar-refractivity contribution >= 4 is 12.0 Å². The predicted molar refractivity (Wildman–Crippen MR) is 92.5 cm³/mol. The molecule has 5 heteroatoms. The first-order valence-corrected chi connectivity index (χ1v) is 8.54. The van der Waals surface area contributed by atoms with Gasteiger partial charge in [-0.05, 0) is 30.2 Å². The van der Waals surface area contributed by atoms with E-state index in [-0.39, 0.29) is 18.3 Å². The highest BCUT2D eigenvalue weighted by Crippen LogP contribution is 2.33. The van der Waals surface area contributed by atoms with E-state index in [1.807, 2.05) is 6.07 Å². The maximum absolute atomic E-state index is 12.1. The van der Waals surface area contributed by atoms with E-state index in [1.54, 1.807) is 24.3 Å². The molecular weight excluding hydrogens is 304 g/mol. The first kappa shape index (κ1) is 17.9. The van der Waals surface area contributed by atoms with Gasteiger partial charge in [0.15, 0.2) is 11.5 Å². The largest absolute Gasteiger partial charge is 0.454 e. The molecule has 0 unspecified atom stereocenters. The zero-order valence-electron chi connectivity index (χ0n) is 14.1. The third-order valence-electron chi connectivity index (χ3n) is 3.89. The number of hydrogen-bond acceptors (Lipinski definition) is 4. The number of amides is 1. The van der Waals surface area contributed by atoms with Gasteiger partial charge in [0.1, 0.15) is 11.6 Å². The maximum Gasteiger partial charge on any atom is 0.261 e. The highest BCUT2D eigenvalue weighted by molar-refractivity contribution is 6.01. The lowest BCUT2D eigenvalue weighted by Gasteiger charge is -2.05. The number of fused-ring (bicyclic) bond motifs is 1. The summed E-state index contributed by atoms with van der Waals surface area (Å²) in [5.41, 5.74) is 0.838. The van der Waals surface area contributed by atoms with Gasteiger partial charge in [-0.3, -0.25) is 4.79 Å². The third-order valence-corrected chi connectivity index (χ3v) is 3.89. The Morgan fingerprint density at radius 2 is 1.96 bits per heavy atom.